The van der Waals surface area contributed by atoms with Gasteiger partial charge in [-0.1, -0.05) is 0 Å². The topological polar surface area (TPSA) is 73.8 Å². The lowest BCUT2D eigenvalue weighted by Gasteiger charge is -2.46. The van der Waals surface area contributed by atoms with Gasteiger partial charge < -0.3 is 9.80 Å². The molecular formula is C27H25FN4O3S. The van der Waals surface area contributed by atoms with Crippen LogP contribution < -0.4 is 4.90 Å². The Bertz CT molecular complexity index is 1310. The van der Waals surface area contributed by atoms with Crippen molar-refractivity contribution in [3.05, 3.63) is 76.0 Å². The minimum absolute atomic E-state index is 0.0156. The van der Waals surface area contributed by atoms with Crippen LogP contribution in [0.2, 0.25) is 0 Å². The standard InChI is InChI=1S/C27H25FN4O3S/c28-21-2-4-22(5-3-21)32-23-6-1-18(13-19(23)14-24(32)33)26(34)31-15-20(16-31)17-7-10-30(11-8-17)27(35)25-29-9-12-36-25/h1-6,9,12-13,17,20H,7-8,10-11,14-16H2. The molecule has 0 aliphatic carbocycles. The lowest BCUT2D eigenvalue weighted by molar-refractivity contribution is -0.116. The molecule has 7 nitrogen and oxygen atoms in total. The molecule has 6 rings (SSSR count). The van der Waals surface area contributed by atoms with Gasteiger partial charge in [-0.3, -0.25) is 19.3 Å². The number of nitrogens with zero attached hydrogens (tertiary/aromatic N) is 4. The smallest absolute Gasteiger partial charge is 0.282 e. The van der Waals surface area contributed by atoms with Crippen molar-refractivity contribution in [1.82, 2.24) is 14.8 Å². The Hall–Kier alpha value is -3.59. The van der Waals surface area contributed by atoms with Crippen LogP contribution in [0.1, 0.15) is 38.6 Å². The maximum atomic E-state index is 13.3. The molecular weight excluding hydrogens is 479 g/mol. The number of thiazole rings is 1. The van der Waals surface area contributed by atoms with Crippen LogP contribution in [0.4, 0.5) is 15.8 Å². The zero-order chi connectivity index (χ0) is 24.8. The maximum Gasteiger partial charge on any atom is 0.282 e. The largest absolute Gasteiger partial charge is 0.338 e. The summed E-state index contributed by atoms with van der Waals surface area (Å²) in [4.78, 5) is 47.8. The van der Waals surface area contributed by atoms with Crippen LogP contribution >= 0.6 is 11.3 Å². The second-order valence-corrected chi connectivity index (χ2v) is 10.6. The molecule has 3 aromatic rings. The van der Waals surface area contributed by atoms with Crippen molar-refractivity contribution in [2.45, 2.75) is 19.3 Å². The molecule has 3 aliphatic heterocycles. The number of carbonyl (C=O) groups is 3. The lowest BCUT2D eigenvalue weighted by atomic mass is 9.79. The van der Waals surface area contributed by atoms with Gasteiger partial charge in [0.05, 0.1) is 12.1 Å². The summed E-state index contributed by atoms with van der Waals surface area (Å²) in [5.41, 5.74) is 2.75. The second-order valence-electron chi connectivity index (χ2n) is 9.66. The average Bonchev–Trinajstić information content (AvgIpc) is 3.51. The van der Waals surface area contributed by atoms with Gasteiger partial charge in [-0.25, -0.2) is 9.37 Å². The van der Waals surface area contributed by atoms with Crippen LogP contribution in [0.3, 0.4) is 0 Å². The molecule has 184 valence electrons. The molecule has 2 saturated heterocycles. The molecule has 1 aromatic heterocycles. The van der Waals surface area contributed by atoms with Crippen LogP contribution in [0.25, 0.3) is 0 Å². The normalized spacial score (nSPS) is 18.4. The first-order valence-electron chi connectivity index (χ1n) is 12.2. The minimum atomic E-state index is -0.353. The number of fused-ring (bicyclic) bond motifs is 1. The molecule has 4 heterocycles. The Morgan fingerprint density at radius 1 is 0.944 bits per heavy atom. The SMILES string of the molecule is O=C(c1ccc2c(c1)CC(=O)N2c1ccc(F)cc1)N1CC(C2CCN(C(=O)c3nccs3)CC2)C1. The highest BCUT2D eigenvalue weighted by molar-refractivity contribution is 7.11. The molecule has 3 amide bonds. The first kappa shape index (κ1) is 22.8. The fraction of sp³-hybridized carbons (Fsp3) is 0.333. The quantitative estimate of drug-likeness (QED) is 0.536. The molecule has 0 saturated carbocycles. The number of benzene rings is 2. The van der Waals surface area contributed by atoms with E-state index in [9.17, 15) is 18.8 Å². The Kier molecular flexibility index (Phi) is 5.79. The number of hydrogen-bond acceptors (Lipinski definition) is 5. The van der Waals surface area contributed by atoms with E-state index in [0.29, 0.717) is 28.1 Å². The highest BCUT2D eigenvalue weighted by Gasteiger charge is 2.39. The van der Waals surface area contributed by atoms with E-state index in [1.54, 1.807) is 29.3 Å². The number of hydrogen-bond donors (Lipinski definition) is 0. The molecule has 3 aliphatic rings. The van der Waals surface area contributed by atoms with Crippen molar-refractivity contribution in [1.29, 1.82) is 0 Å². The third-order valence-corrected chi connectivity index (χ3v) is 8.31. The Balaban J connectivity index is 1.06. The highest BCUT2D eigenvalue weighted by Crippen LogP contribution is 2.37. The van der Waals surface area contributed by atoms with E-state index in [1.807, 2.05) is 27.3 Å². The van der Waals surface area contributed by atoms with Crippen molar-refractivity contribution in [3.63, 3.8) is 0 Å². The number of likely N-dealkylation sites (tertiary alicyclic amines) is 2. The monoisotopic (exact) mass is 504 g/mol. The summed E-state index contributed by atoms with van der Waals surface area (Å²) < 4.78 is 13.3. The molecule has 0 spiro atoms. The summed E-state index contributed by atoms with van der Waals surface area (Å²) >= 11 is 1.37. The number of anilines is 2. The first-order chi connectivity index (χ1) is 17.5. The van der Waals surface area contributed by atoms with Crippen molar-refractivity contribution < 1.29 is 18.8 Å². The molecule has 2 aromatic carbocycles. The second kappa shape index (κ2) is 9.13. The maximum absolute atomic E-state index is 13.3. The van der Waals surface area contributed by atoms with Crippen molar-refractivity contribution in [2.75, 3.05) is 31.1 Å². The van der Waals surface area contributed by atoms with Crippen molar-refractivity contribution in [3.8, 4) is 0 Å². The highest BCUT2D eigenvalue weighted by atomic mass is 32.1. The minimum Gasteiger partial charge on any atom is -0.338 e. The average molecular weight is 505 g/mol. The predicted molar refractivity (Wildman–Crippen MR) is 134 cm³/mol. The van der Waals surface area contributed by atoms with Crippen LogP contribution in [0.15, 0.2) is 54.0 Å². The van der Waals surface area contributed by atoms with E-state index < -0.39 is 0 Å². The van der Waals surface area contributed by atoms with E-state index in [-0.39, 0.29) is 30.0 Å². The molecule has 0 unspecified atom stereocenters. The molecule has 0 bridgehead atoms. The Morgan fingerprint density at radius 2 is 1.69 bits per heavy atom. The number of aromatic nitrogens is 1. The molecule has 0 radical (unpaired) electrons. The van der Waals surface area contributed by atoms with Gasteiger partial charge in [0.2, 0.25) is 5.91 Å². The van der Waals surface area contributed by atoms with E-state index in [0.717, 1.165) is 50.3 Å². The van der Waals surface area contributed by atoms with Crippen LogP contribution in [0, 0.1) is 17.7 Å². The number of carbonyl (C=O) groups excluding carboxylic acids is 3. The summed E-state index contributed by atoms with van der Waals surface area (Å²) in [7, 11) is 0. The summed E-state index contributed by atoms with van der Waals surface area (Å²) in [6.07, 6.45) is 3.77. The number of halogens is 1. The molecule has 0 N–H and O–H groups in total. The summed E-state index contributed by atoms with van der Waals surface area (Å²) in [5.74, 6) is 0.520. The van der Waals surface area contributed by atoms with Gasteiger partial charge in [0, 0.05) is 49.0 Å². The van der Waals surface area contributed by atoms with Gasteiger partial charge in [-0.05, 0) is 72.7 Å². The number of piperidine rings is 1. The van der Waals surface area contributed by atoms with Gasteiger partial charge in [-0.2, -0.15) is 0 Å². The van der Waals surface area contributed by atoms with Gasteiger partial charge in [-0.15, -0.1) is 11.3 Å². The van der Waals surface area contributed by atoms with E-state index in [1.165, 1.54) is 23.5 Å². The van der Waals surface area contributed by atoms with E-state index in [2.05, 4.69) is 4.98 Å². The third kappa shape index (κ3) is 4.07. The van der Waals surface area contributed by atoms with Crippen molar-refractivity contribution in [2.24, 2.45) is 11.8 Å². The van der Waals surface area contributed by atoms with Crippen LogP contribution in [-0.2, 0) is 11.2 Å². The number of rotatable bonds is 4. The predicted octanol–water partition coefficient (Wildman–Crippen LogP) is 4.13. The van der Waals surface area contributed by atoms with Gasteiger partial charge >= 0.3 is 0 Å². The fourth-order valence-electron chi connectivity index (χ4n) is 5.53. The zero-order valence-corrected chi connectivity index (χ0v) is 20.4. The molecule has 36 heavy (non-hydrogen) atoms. The number of amides is 3. The first-order valence-corrected chi connectivity index (χ1v) is 13.1. The molecule has 2 fully saturated rings. The van der Waals surface area contributed by atoms with E-state index in [4.69, 9.17) is 0 Å². The van der Waals surface area contributed by atoms with E-state index >= 15 is 0 Å². The summed E-state index contributed by atoms with van der Waals surface area (Å²) in [6, 6.07) is 11.2. The van der Waals surface area contributed by atoms with Crippen LogP contribution in [0.5, 0.6) is 0 Å². The van der Waals surface area contributed by atoms with Crippen LogP contribution in [-0.4, -0.2) is 58.7 Å². The third-order valence-electron chi connectivity index (χ3n) is 7.55. The fourth-order valence-corrected chi connectivity index (χ4v) is 6.13. The van der Waals surface area contributed by atoms with Gasteiger partial charge in [0.1, 0.15) is 5.82 Å². The zero-order valence-electron chi connectivity index (χ0n) is 19.6. The Labute approximate surface area is 212 Å². The molecule has 9 heteroatoms. The molecule has 0 atom stereocenters. The van der Waals surface area contributed by atoms with Gasteiger partial charge in [0.25, 0.3) is 11.8 Å². The van der Waals surface area contributed by atoms with Gasteiger partial charge in [0.15, 0.2) is 5.01 Å². The Morgan fingerprint density at radius 3 is 2.39 bits per heavy atom. The summed E-state index contributed by atoms with van der Waals surface area (Å²) in [5, 5.41) is 2.37. The lowest BCUT2D eigenvalue weighted by Crippen LogP contribution is -2.54. The van der Waals surface area contributed by atoms with Crippen molar-refractivity contribution >= 4 is 40.4 Å². The summed E-state index contributed by atoms with van der Waals surface area (Å²) in [6.45, 7) is 2.91.